The van der Waals surface area contributed by atoms with Crippen LogP contribution >= 0.6 is 0 Å². The second-order valence-corrected chi connectivity index (χ2v) is 5.63. The van der Waals surface area contributed by atoms with Crippen molar-refractivity contribution in [2.45, 2.75) is 13.3 Å². The number of benzene rings is 3. The highest BCUT2D eigenvalue weighted by molar-refractivity contribution is 5.97. The maximum atomic E-state index is 12.4. The van der Waals surface area contributed by atoms with Gasteiger partial charge in [0, 0.05) is 18.3 Å². The van der Waals surface area contributed by atoms with Crippen molar-refractivity contribution in [3.8, 4) is 0 Å². The van der Waals surface area contributed by atoms with Gasteiger partial charge in [0.15, 0.2) is 0 Å². The molecule has 2 amide bonds. The van der Waals surface area contributed by atoms with E-state index >= 15 is 0 Å². The predicted molar refractivity (Wildman–Crippen MR) is 97.0 cm³/mol. The molecule has 3 rings (SSSR count). The van der Waals surface area contributed by atoms with Crippen LogP contribution in [0.3, 0.4) is 0 Å². The number of carbonyl (C=O) groups excluding carboxylic acids is 2. The Bertz CT molecular complexity index is 898. The van der Waals surface area contributed by atoms with Crippen molar-refractivity contribution in [1.82, 2.24) is 0 Å². The molecule has 0 spiro atoms. The van der Waals surface area contributed by atoms with Crippen LogP contribution in [0.25, 0.3) is 10.8 Å². The lowest BCUT2D eigenvalue weighted by atomic mass is 10.0. The second kappa shape index (κ2) is 6.96. The van der Waals surface area contributed by atoms with Gasteiger partial charge in [-0.1, -0.05) is 48.5 Å². The molecule has 0 aliphatic rings. The molecule has 0 aromatic heterocycles. The Hall–Kier alpha value is -3.14. The summed E-state index contributed by atoms with van der Waals surface area (Å²) in [5.41, 5.74) is 2.31. The van der Waals surface area contributed by atoms with E-state index in [4.69, 9.17) is 0 Å². The van der Waals surface area contributed by atoms with Crippen molar-refractivity contribution in [2.75, 3.05) is 10.6 Å². The molecule has 0 fully saturated rings. The first-order valence-electron chi connectivity index (χ1n) is 7.76. The average Bonchev–Trinajstić information content (AvgIpc) is 2.55. The van der Waals surface area contributed by atoms with Crippen LogP contribution in [0.2, 0.25) is 0 Å². The van der Waals surface area contributed by atoms with Crippen molar-refractivity contribution in [2.24, 2.45) is 0 Å². The summed E-state index contributed by atoms with van der Waals surface area (Å²) < 4.78 is 0. The summed E-state index contributed by atoms with van der Waals surface area (Å²) >= 11 is 0. The zero-order valence-corrected chi connectivity index (χ0v) is 13.4. The third kappa shape index (κ3) is 3.79. The monoisotopic (exact) mass is 318 g/mol. The Labute approximate surface area is 140 Å². The number of hydrogen-bond donors (Lipinski definition) is 2. The van der Waals surface area contributed by atoms with Gasteiger partial charge in [-0.15, -0.1) is 0 Å². The molecular formula is C20H18N2O2. The number of rotatable bonds is 4. The number of amides is 2. The highest BCUT2D eigenvalue weighted by Gasteiger charge is 2.08. The lowest BCUT2D eigenvalue weighted by molar-refractivity contribution is -0.115. The molecule has 3 aromatic carbocycles. The number of hydrogen-bond acceptors (Lipinski definition) is 2. The first kappa shape index (κ1) is 15.7. The van der Waals surface area contributed by atoms with E-state index in [2.05, 4.69) is 10.6 Å². The van der Waals surface area contributed by atoms with Crippen LogP contribution in [-0.4, -0.2) is 11.8 Å². The highest BCUT2D eigenvalue weighted by Crippen LogP contribution is 2.20. The molecule has 24 heavy (non-hydrogen) atoms. The summed E-state index contributed by atoms with van der Waals surface area (Å²) in [5.74, 6) is -0.236. The topological polar surface area (TPSA) is 58.2 Å². The van der Waals surface area contributed by atoms with E-state index in [1.807, 2.05) is 42.5 Å². The Morgan fingerprint density at radius 3 is 2.29 bits per heavy atom. The largest absolute Gasteiger partial charge is 0.326 e. The van der Waals surface area contributed by atoms with Crippen molar-refractivity contribution < 1.29 is 9.59 Å². The third-order valence-electron chi connectivity index (χ3n) is 3.70. The van der Waals surface area contributed by atoms with Crippen LogP contribution in [0.15, 0.2) is 66.7 Å². The van der Waals surface area contributed by atoms with Gasteiger partial charge in [0.25, 0.3) is 0 Å². The molecule has 0 atom stereocenters. The van der Waals surface area contributed by atoms with Crippen LogP contribution in [0, 0.1) is 0 Å². The summed E-state index contributed by atoms with van der Waals surface area (Å²) in [6, 6.07) is 21.1. The molecule has 120 valence electrons. The molecule has 0 bridgehead atoms. The quantitative estimate of drug-likeness (QED) is 0.764. The van der Waals surface area contributed by atoms with Gasteiger partial charge in [-0.2, -0.15) is 0 Å². The molecule has 2 N–H and O–H groups in total. The summed E-state index contributed by atoms with van der Waals surface area (Å²) in [6.45, 7) is 1.45. The van der Waals surface area contributed by atoms with Gasteiger partial charge in [-0.05, 0) is 34.5 Å². The van der Waals surface area contributed by atoms with Crippen molar-refractivity contribution in [1.29, 1.82) is 0 Å². The molecule has 0 heterocycles. The van der Waals surface area contributed by atoms with Gasteiger partial charge >= 0.3 is 0 Å². The van der Waals surface area contributed by atoms with Crippen LogP contribution < -0.4 is 10.6 Å². The van der Waals surface area contributed by atoms with Crippen LogP contribution in [0.5, 0.6) is 0 Å². The molecule has 3 aromatic rings. The minimum atomic E-state index is -0.144. The van der Waals surface area contributed by atoms with Gasteiger partial charge in [-0.25, -0.2) is 0 Å². The zero-order chi connectivity index (χ0) is 16.9. The minimum Gasteiger partial charge on any atom is -0.326 e. The SMILES string of the molecule is CC(=O)Nc1cccc(NC(=O)Cc2cccc3ccccc23)c1. The van der Waals surface area contributed by atoms with E-state index in [1.54, 1.807) is 24.3 Å². The van der Waals surface area contributed by atoms with E-state index in [-0.39, 0.29) is 11.8 Å². The fourth-order valence-corrected chi connectivity index (χ4v) is 2.70. The van der Waals surface area contributed by atoms with E-state index in [0.717, 1.165) is 16.3 Å². The molecule has 0 radical (unpaired) electrons. The molecule has 0 saturated carbocycles. The summed E-state index contributed by atoms with van der Waals surface area (Å²) in [4.78, 5) is 23.5. The van der Waals surface area contributed by atoms with E-state index in [0.29, 0.717) is 17.8 Å². The summed E-state index contributed by atoms with van der Waals surface area (Å²) in [6.07, 6.45) is 0.297. The number of anilines is 2. The average molecular weight is 318 g/mol. The lowest BCUT2D eigenvalue weighted by Crippen LogP contribution is -2.15. The van der Waals surface area contributed by atoms with Gasteiger partial charge in [0.2, 0.25) is 11.8 Å². The molecular weight excluding hydrogens is 300 g/mol. The Morgan fingerprint density at radius 1 is 0.833 bits per heavy atom. The number of fused-ring (bicyclic) bond motifs is 1. The predicted octanol–water partition coefficient (Wildman–Crippen LogP) is 3.98. The van der Waals surface area contributed by atoms with E-state index in [1.165, 1.54) is 6.92 Å². The maximum Gasteiger partial charge on any atom is 0.228 e. The highest BCUT2D eigenvalue weighted by atomic mass is 16.2. The molecule has 4 heteroatoms. The first-order valence-corrected chi connectivity index (χ1v) is 7.76. The molecule has 4 nitrogen and oxygen atoms in total. The normalized spacial score (nSPS) is 10.4. The molecule has 0 aliphatic carbocycles. The third-order valence-corrected chi connectivity index (χ3v) is 3.70. The number of nitrogens with one attached hydrogen (secondary N) is 2. The van der Waals surface area contributed by atoms with Gasteiger partial charge < -0.3 is 10.6 Å². The fourth-order valence-electron chi connectivity index (χ4n) is 2.70. The van der Waals surface area contributed by atoms with Crippen molar-refractivity contribution in [3.05, 3.63) is 72.3 Å². The van der Waals surface area contributed by atoms with E-state index < -0.39 is 0 Å². The van der Waals surface area contributed by atoms with Crippen molar-refractivity contribution >= 4 is 34.0 Å². The fraction of sp³-hybridized carbons (Fsp3) is 0.100. The lowest BCUT2D eigenvalue weighted by Gasteiger charge is -2.09. The number of carbonyl (C=O) groups is 2. The molecule has 0 aliphatic heterocycles. The Balaban J connectivity index is 1.75. The minimum absolute atomic E-state index is 0.0914. The summed E-state index contributed by atoms with van der Waals surface area (Å²) in [5, 5.41) is 7.79. The molecule has 0 unspecified atom stereocenters. The first-order chi connectivity index (χ1) is 11.6. The smallest absolute Gasteiger partial charge is 0.228 e. The van der Waals surface area contributed by atoms with Gasteiger partial charge in [0.1, 0.15) is 0 Å². The zero-order valence-electron chi connectivity index (χ0n) is 13.4. The van der Waals surface area contributed by atoms with E-state index in [9.17, 15) is 9.59 Å². The Kier molecular flexibility index (Phi) is 4.57. The van der Waals surface area contributed by atoms with Gasteiger partial charge in [-0.3, -0.25) is 9.59 Å². The van der Waals surface area contributed by atoms with Crippen molar-refractivity contribution in [3.63, 3.8) is 0 Å². The molecule has 0 saturated heterocycles. The standard InChI is InChI=1S/C20H18N2O2/c1-14(23)21-17-9-5-10-18(13-17)22-20(24)12-16-8-4-7-15-6-2-3-11-19(15)16/h2-11,13H,12H2,1H3,(H,21,23)(H,22,24). The van der Waals surface area contributed by atoms with Crippen LogP contribution in [-0.2, 0) is 16.0 Å². The second-order valence-electron chi connectivity index (χ2n) is 5.63. The maximum absolute atomic E-state index is 12.4. The van der Waals surface area contributed by atoms with Crippen LogP contribution in [0.4, 0.5) is 11.4 Å². The van der Waals surface area contributed by atoms with Gasteiger partial charge in [0.05, 0.1) is 6.42 Å². The van der Waals surface area contributed by atoms with Crippen LogP contribution in [0.1, 0.15) is 12.5 Å². The Morgan fingerprint density at radius 2 is 1.50 bits per heavy atom. The summed E-state index contributed by atoms with van der Waals surface area (Å²) in [7, 11) is 0.